The molecule has 92 valence electrons. The van der Waals surface area contributed by atoms with Crippen molar-refractivity contribution in [3.8, 4) is 17.6 Å². The molecule has 0 aliphatic carbocycles. The van der Waals surface area contributed by atoms with Crippen molar-refractivity contribution in [3.05, 3.63) is 28.2 Å². The quantitative estimate of drug-likeness (QED) is 0.841. The molecule has 0 saturated carbocycles. The molecule has 2 nitrogen and oxygen atoms in total. The molecule has 1 rings (SSSR count). The molecule has 1 aromatic rings. The average Bonchev–Trinajstić information content (AvgIpc) is 2.29. The monoisotopic (exact) mass is 295 g/mol. The maximum Gasteiger partial charge on any atom is 0.149 e. The Bertz CT molecular complexity index is 418. The van der Waals surface area contributed by atoms with Gasteiger partial charge < -0.3 is 10.1 Å². The summed E-state index contributed by atoms with van der Waals surface area (Å²) in [5, 5.41) is 3.38. The Balaban J connectivity index is 2.74. The zero-order valence-corrected chi connectivity index (χ0v) is 12.1. The van der Waals surface area contributed by atoms with E-state index in [-0.39, 0.29) is 0 Å². The minimum Gasteiger partial charge on any atom is -0.481 e. The van der Waals surface area contributed by atoms with Gasteiger partial charge in [-0.25, -0.2) is 0 Å². The number of hydrogen-bond acceptors (Lipinski definition) is 2. The highest BCUT2D eigenvalue weighted by molar-refractivity contribution is 9.10. The van der Waals surface area contributed by atoms with Gasteiger partial charge >= 0.3 is 0 Å². The summed E-state index contributed by atoms with van der Waals surface area (Å²) in [4.78, 5) is 0. The van der Waals surface area contributed by atoms with E-state index < -0.39 is 0 Å². The molecule has 0 radical (unpaired) electrons. The summed E-state index contributed by atoms with van der Waals surface area (Å²) in [6.07, 6.45) is 0. The minimum absolute atomic E-state index is 0.437. The van der Waals surface area contributed by atoms with Crippen LogP contribution < -0.4 is 10.1 Å². The lowest BCUT2D eigenvalue weighted by Crippen LogP contribution is -2.22. The summed E-state index contributed by atoms with van der Waals surface area (Å²) in [5.74, 6) is 6.61. The summed E-state index contributed by atoms with van der Waals surface area (Å²) in [6.45, 7) is 7.30. The Morgan fingerprint density at radius 3 is 2.82 bits per heavy atom. The van der Waals surface area contributed by atoms with Gasteiger partial charge in [0.1, 0.15) is 12.4 Å². The van der Waals surface area contributed by atoms with Gasteiger partial charge in [-0.3, -0.25) is 0 Å². The van der Waals surface area contributed by atoms with Crippen molar-refractivity contribution in [2.24, 2.45) is 0 Å². The van der Waals surface area contributed by atoms with Crippen LogP contribution in [0.3, 0.4) is 0 Å². The second kappa shape index (κ2) is 7.37. The van der Waals surface area contributed by atoms with E-state index in [1.54, 1.807) is 0 Å². The third-order valence-corrected chi connectivity index (χ3v) is 2.69. The van der Waals surface area contributed by atoms with Crippen LogP contribution in [0.5, 0.6) is 5.75 Å². The van der Waals surface area contributed by atoms with Crippen molar-refractivity contribution >= 4 is 15.9 Å². The second-order valence-corrected chi connectivity index (χ2v) is 4.92. The van der Waals surface area contributed by atoms with Crippen LogP contribution in [0.1, 0.15) is 26.3 Å². The molecule has 0 spiro atoms. The van der Waals surface area contributed by atoms with Crippen LogP contribution in [0, 0.1) is 11.8 Å². The maximum atomic E-state index is 5.63. The number of rotatable bonds is 5. The van der Waals surface area contributed by atoms with Crippen LogP contribution in [0.15, 0.2) is 22.7 Å². The Labute approximate surface area is 112 Å². The molecule has 0 saturated heterocycles. The molecule has 0 aliphatic heterocycles. The van der Waals surface area contributed by atoms with E-state index in [1.807, 2.05) is 19.1 Å². The van der Waals surface area contributed by atoms with Gasteiger partial charge in [0, 0.05) is 22.6 Å². The Morgan fingerprint density at radius 2 is 2.18 bits per heavy atom. The van der Waals surface area contributed by atoms with Gasteiger partial charge in [0.25, 0.3) is 0 Å². The van der Waals surface area contributed by atoms with Crippen LogP contribution >= 0.6 is 15.9 Å². The first kappa shape index (κ1) is 14.1. The van der Waals surface area contributed by atoms with Crippen molar-refractivity contribution in [2.75, 3.05) is 6.61 Å². The topological polar surface area (TPSA) is 21.3 Å². The first-order valence-corrected chi connectivity index (χ1v) is 6.47. The number of ether oxygens (including phenoxy) is 1. The fourth-order valence-corrected chi connectivity index (χ4v) is 1.74. The van der Waals surface area contributed by atoms with E-state index in [1.165, 1.54) is 0 Å². The molecule has 0 aliphatic rings. The highest BCUT2D eigenvalue weighted by Crippen LogP contribution is 2.23. The van der Waals surface area contributed by atoms with Crippen molar-refractivity contribution < 1.29 is 4.74 Å². The van der Waals surface area contributed by atoms with E-state index in [4.69, 9.17) is 4.74 Å². The summed E-state index contributed by atoms with van der Waals surface area (Å²) in [6, 6.07) is 6.48. The van der Waals surface area contributed by atoms with Gasteiger partial charge in [0.05, 0.1) is 0 Å². The molecule has 0 bridgehead atoms. The highest BCUT2D eigenvalue weighted by Gasteiger charge is 2.05. The van der Waals surface area contributed by atoms with Gasteiger partial charge in [-0.2, -0.15) is 0 Å². The SMILES string of the molecule is CC#CCOc1ccc(Br)cc1CNC(C)C. The molecule has 3 heteroatoms. The number of benzene rings is 1. The lowest BCUT2D eigenvalue weighted by molar-refractivity contribution is 0.364. The lowest BCUT2D eigenvalue weighted by atomic mass is 10.2. The molecular weight excluding hydrogens is 278 g/mol. The third-order valence-electron chi connectivity index (χ3n) is 2.20. The maximum absolute atomic E-state index is 5.63. The molecule has 17 heavy (non-hydrogen) atoms. The van der Waals surface area contributed by atoms with Crippen LogP contribution in [-0.4, -0.2) is 12.6 Å². The molecule has 0 fully saturated rings. The van der Waals surface area contributed by atoms with Crippen LogP contribution in [-0.2, 0) is 6.54 Å². The van der Waals surface area contributed by atoms with Gasteiger partial charge in [0.15, 0.2) is 0 Å². The molecule has 0 heterocycles. The van der Waals surface area contributed by atoms with Crippen molar-refractivity contribution in [1.82, 2.24) is 5.32 Å². The molecule has 0 atom stereocenters. The smallest absolute Gasteiger partial charge is 0.149 e. The van der Waals surface area contributed by atoms with Gasteiger partial charge in [0.2, 0.25) is 0 Å². The van der Waals surface area contributed by atoms with Crippen molar-refractivity contribution in [1.29, 1.82) is 0 Å². The normalized spacial score (nSPS) is 9.94. The van der Waals surface area contributed by atoms with Crippen molar-refractivity contribution in [2.45, 2.75) is 33.4 Å². The lowest BCUT2D eigenvalue weighted by Gasteiger charge is -2.13. The molecule has 1 aromatic carbocycles. The van der Waals surface area contributed by atoms with E-state index in [9.17, 15) is 0 Å². The van der Waals surface area contributed by atoms with E-state index in [0.717, 1.165) is 22.3 Å². The summed E-state index contributed by atoms with van der Waals surface area (Å²) >= 11 is 3.47. The Morgan fingerprint density at radius 1 is 1.41 bits per heavy atom. The van der Waals surface area contributed by atoms with Crippen LogP contribution in [0.25, 0.3) is 0 Å². The highest BCUT2D eigenvalue weighted by atomic mass is 79.9. The molecule has 1 N–H and O–H groups in total. The zero-order chi connectivity index (χ0) is 12.7. The predicted octanol–water partition coefficient (Wildman–Crippen LogP) is 3.35. The number of halogens is 1. The van der Waals surface area contributed by atoms with E-state index in [2.05, 4.69) is 53.0 Å². The fourth-order valence-electron chi connectivity index (χ4n) is 1.33. The predicted molar refractivity (Wildman–Crippen MR) is 75.1 cm³/mol. The number of hydrogen-bond donors (Lipinski definition) is 1. The van der Waals surface area contributed by atoms with Crippen LogP contribution in [0.2, 0.25) is 0 Å². The van der Waals surface area contributed by atoms with Gasteiger partial charge in [-0.05, 0) is 25.1 Å². The standard InChI is InChI=1S/C14H18BrNO/c1-4-5-8-17-14-7-6-13(15)9-12(14)10-16-11(2)3/h6-7,9,11,16H,8,10H2,1-3H3. The molecule has 0 unspecified atom stereocenters. The summed E-state index contributed by atoms with van der Waals surface area (Å²) in [5.41, 5.74) is 1.14. The third kappa shape index (κ3) is 5.25. The van der Waals surface area contributed by atoms with Gasteiger partial charge in [-0.1, -0.05) is 35.7 Å². The summed E-state index contributed by atoms with van der Waals surface area (Å²) < 4.78 is 6.69. The molecule has 0 aromatic heterocycles. The Hall–Kier alpha value is -0.980. The zero-order valence-electron chi connectivity index (χ0n) is 10.5. The van der Waals surface area contributed by atoms with Crippen molar-refractivity contribution in [3.63, 3.8) is 0 Å². The molecular formula is C14H18BrNO. The summed E-state index contributed by atoms with van der Waals surface area (Å²) in [7, 11) is 0. The average molecular weight is 296 g/mol. The first-order valence-electron chi connectivity index (χ1n) is 5.67. The Kier molecular flexibility index (Phi) is 6.10. The second-order valence-electron chi connectivity index (χ2n) is 4.00. The van der Waals surface area contributed by atoms with E-state index >= 15 is 0 Å². The van der Waals surface area contributed by atoms with Gasteiger partial charge in [-0.15, -0.1) is 5.92 Å². The molecule has 0 amide bonds. The largest absolute Gasteiger partial charge is 0.481 e. The minimum atomic E-state index is 0.437. The first-order chi connectivity index (χ1) is 8.13. The fraction of sp³-hybridized carbons (Fsp3) is 0.429. The number of nitrogens with one attached hydrogen (secondary N) is 1. The van der Waals surface area contributed by atoms with E-state index in [0.29, 0.717) is 12.6 Å². The van der Waals surface area contributed by atoms with Crippen LogP contribution in [0.4, 0.5) is 0 Å².